The standard InChI is InChI=1S/C23H27N5O2/c1-22(2,3)27(29)20-11-10-16(15-25-20)17-13-19(18-9-7-8-12-24-18)26-21(14-17)28(30)23(4,5)6/h7-15H,1-6H3. The van der Waals surface area contributed by atoms with Crippen molar-refractivity contribution in [3.8, 4) is 22.5 Å². The fourth-order valence-electron chi connectivity index (χ4n) is 2.80. The number of hydroxylamine groups is 2. The van der Waals surface area contributed by atoms with Crippen LogP contribution in [0.2, 0.25) is 0 Å². The number of hydrogen-bond acceptors (Lipinski definition) is 5. The zero-order valence-electron chi connectivity index (χ0n) is 18.2. The summed E-state index contributed by atoms with van der Waals surface area (Å²) in [4.78, 5) is 13.2. The molecule has 0 amide bonds. The van der Waals surface area contributed by atoms with Crippen molar-refractivity contribution in [3.05, 3.63) is 54.9 Å². The maximum atomic E-state index is 12.9. The van der Waals surface area contributed by atoms with E-state index in [9.17, 15) is 10.4 Å². The first-order chi connectivity index (χ1) is 14.0. The second kappa shape index (κ2) is 8.01. The van der Waals surface area contributed by atoms with Crippen LogP contribution >= 0.6 is 0 Å². The van der Waals surface area contributed by atoms with Crippen LogP contribution in [0, 0.1) is 0 Å². The van der Waals surface area contributed by atoms with Crippen LogP contribution in [0.5, 0.6) is 0 Å². The third kappa shape index (κ3) is 4.75. The topological polar surface area (TPSA) is 85.0 Å². The second-order valence-electron chi connectivity index (χ2n) is 9.15. The van der Waals surface area contributed by atoms with Crippen LogP contribution in [0.4, 0.5) is 11.6 Å². The van der Waals surface area contributed by atoms with Crippen molar-refractivity contribution in [2.75, 3.05) is 10.1 Å². The Balaban J connectivity index is 2.07. The highest BCUT2D eigenvalue weighted by atomic mass is 16.5. The van der Waals surface area contributed by atoms with Gasteiger partial charge in [-0.1, -0.05) is 16.5 Å². The summed E-state index contributed by atoms with van der Waals surface area (Å²) < 4.78 is 0. The van der Waals surface area contributed by atoms with Gasteiger partial charge in [0.1, 0.15) is 0 Å². The number of nitrogens with zero attached hydrogens (tertiary/aromatic N) is 5. The van der Waals surface area contributed by atoms with Crippen LogP contribution < -0.4 is 10.1 Å². The van der Waals surface area contributed by atoms with Crippen LogP contribution in [0.1, 0.15) is 41.5 Å². The van der Waals surface area contributed by atoms with Gasteiger partial charge >= 0.3 is 0 Å². The van der Waals surface area contributed by atoms with E-state index in [1.807, 2.05) is 71.9 Å². The summed E-state index contributed by atoms with van der Waals surface area (Å²) in [7, 11) is 0. The van der Waals surface area contributed by atoms with E-state index in [1.165, 1.54) is 0 Å². The Morgan fingerprint density at radius 3 is 1.90 bits per heavy atom. The van der Waals surface area contributed by atoms with Gasteiger partial charge in [0.15, 0.2) is 11.6 Å². The molecule has 3 rings (SSSR count). The molecule has 0 unspecified atom stereocenters. The van der Waals surface area contributed by atoms with Crippen molar-refractivity contribution < 1.29 is 10.4 Å². The SMILES string of the molecule is CC(C)(C)N([O])c1ccc(-c2cc(-c3ccccn3)nc(N([O])C(C)(C)C)c2)cn1. The number of hydrogen-bond donors (Lipinski definition) is 0. The minimum atomic E-state index is -0.648. The van der Waals surface area contributed by atoms with E-state index in [0.29, 0.717) is 23.0 Å². The smallest absolute Gasteiger partial charge is 0.157 e. The highest BCUT2D eigenvalue weighted by Crippen LogP contribution is 2.31. The normalized spacial score (nSPS) is 12.0. The van der Waals surface area contributed by atoms with Gasteiger partial charge in [0.05, 0.1) is 22.5 Å². The summed E-state index contributed by atoms with van der Waals surface area (Å²) in [5.74, 6) is 0.635. The summed E-state index contributed by atoms with van der Waals surface area (Å²) in [6.07, 6.45) is 3.33. The quantitative estimate of drug-likeness (QED) is 0.563. The molecule has 30 heavy (non-hydrogen) atoms. The molecular weight excluding hydrogens is 378 g/mol. The molecule has 3 aromatic heterocycles. The van der Waals surface area contributed by atoms with Gasteiger partial charge < -0.3 is 0 Å². The summed E-state index contributed by atoms with van der Waals surface area (Å²) in [5, 5.41) is 27.0. The molecule has 0 aliphatic carbocycles. The Morgan fingerprint density at radius 2 is 1.37 bits per heavy atom. The van der Waals surface area contributed by atoms with Gasteiger partial charge in [-0.05, 0) is 83.5 Å². The van der Waals surface area contributed by atoms with Crippen molar-refractivity contribution in [3.63, 3.8) is 0 Å². The van der Waals surface area contributed by atoms with Gasteiger partial charge in [-0.3, -0.25) is 4.98 Å². The molecule has 156 valence electrons. The first kappa shape index (κ1) is 21.7. The predicted octanol–water partition coefficient (Wildman–Crippen LogP) is 5.11. The van der Waals surface area contributed by atoms with Crippen LogP contribution in [0.25, 0.3) is 22.5 Å². The highest BCUT2D eigenvalue weighted by molar-refractivity contribution is 5.73. The lowest BCUT2D eigenvalue weighted by atomic mass is 10.0. The molecule has 0 atom stereocenters. The number of aromatic nitrogens is 3. The van der Waals surface area contributed by atoms with E-state index in [0.717, 1.165) is 21.3 Å². The van der Waals surface area contributed by atoms with E-state index in [2.05, 4.69) is 15.0 Å². The van der Waals surface area contributed by atoms with Gasteiger partial charge in [-0.2, -0.15) is 10.1 Å². The van der Waals surface area contributed by atoms with E-state index in [1.54, 1.807) is 24.5 Å². The van der Waals surface area contributed by atoms with E-state index >= 15 is 0 Å². The van der Waals surface area contributed by atoms with Crippen molar-refractivity contribution in [2.24, 2.45) is 0 Å². The molecule has 0 aliphatic heterocycles. The fourth-order valence-corrected chi connectivity index (χ4v) is 2.80. The highest BCUT2D eigenvalue weighted by Gasteiger charge is 2.25. The molecule has 0 aliphatic rings. The molecule has 2 radical (unpaired) electrons. The predicted molar refractivity (Wildman–Crippen MR) is 117 cm³/mol. The summed E-state index contributed by atoms with van der Waals surface area (Å²) in [6, 6.07) is 12.7. The molecule has 0 saturated carbocycles. The second-order valence-corrected chi connectivity index (χ2v) is 9.15. The largest absolute Gasteiger partial charge is 0.255 e. The molecule has 0 fully saturated rings. The third-order valence-corrected chi connectivity index (χ3v) is 4.46. The molecule has 0 bridgehead atoms. The molecule has 3 heterocycles. The molecule has 0 saturated heterocycles. The van der Waals surface area contributed by atoms with Crippen LogP contribution in [-0.4, -0.2) is 26.0 Å². The first-order valence-electron chi connectivity index (χ1n) is 9.81. The van der Waals surface area contributed by atoms with Gasteiger partial charge in [0, 0.05) is 18.0 Å². The maximum Gasteiger partial charge on any atom is 0.157 e. The van der Waals surface area contributed by atoms with Crippen LogP contribution in [0.3, 0.4) is 0 Å². The summed E-state index contributed by atoms with van der Waals surface area (Å²) in [6.45, 7) is 11.0. The van der Waals surface area contributed by atoms with Crippen molar-refractivity contribution in [1.29, 1.82) is 0 Å². The van der Waals surface area contributed by atoms with E-state index in [4.69, 9.17) is 0 Å². The Labute approximate surface area is 177 Å². The Morgan fingerprint density at radius 1 is 0.700 bits per heavy atom. The minimum absolute atomic E-state index is 0.296. The number of rotatable bonds is 4. The van der Waals surface area contributed by atoms with Crippen molar-refractivity contribution >= 4 is 11.6 Å². The molecule has 3 aromatic rings. The molecule has 7 nitrogen and oxygen atoms in total. The molecular formula is C23H27N5O2. The van der Waals surface area contributed by atoms with Gasteiger partial charge in [-0.15, -0.1) is 0 Å². The third-order valence-electron chi connectivity index (χ3n) is 4.46. The Hall–Kier alpha value is -3.03. The molecule has 0 aromatic carbocycles. The van der Waals surface area contributed by atoms with Gasteiger partial charge in [-0.25, -0.2) is 9.97 Å². The zero-order valence-corrected chi connectivity index (χ0v) is 18.2. The van der Waals surface area contributed by atoms with Gasteiger partial charge in [0.2, 0.25) is 0 Å². The van der Waals surface area contributed by atoms with Crippen molar-refractivity contribution in [2.45, 2.75) is 52.6 Å². The van der Waals surface area contributed by atoms with Crippen LogP contribution in [-0.2, 0) is 10.4 Å². The average molecular weight is 406 g/mol. The lowest BCUT2D eigenvalue weighted by Gasteiger charge is -2.28. The fraction of sp³-hybridized carbons (Fsp3) is 0.348. The number of pyridine rings is 3. The Kier molecular flexibility index (Phi) is 5.78. The average Bonchev–Trinajstić information content (AvgIpc) is 2.71. The van der Waals surface area contributed by atoms with Crippen molar-refractivity contribution in [1.82, 2.24) is 15.0 Å². The molecule has 7 heteroatoms. The zero-order chi connectivity index (χ0) is 22.1. The van der Waals surface area contributed by atoms with Gasteiger partial charge in [0.25, 0.3) is 0 Å². The van der Waals surface area contributed by atoms with Crippen LogP contribution in [0.15, 0.2) is 54.9 Å². The maximum absolute atomic E-state index is 12.9. The van der Waals surface area contributed by atoms with E-state index < -0.39 is 11.1 Å². The Bertz CT molecular complexity index is 993. The minimum Gasteiger partial charge on any atom is -0.255 e. The monoisotopic (exact) mass is 405 g/mol. The first-order valence-corrected chi connectivity index (χ1v) is 9.81. The summed E-state index contributed by atoms with van der Waals surface area (Å²) >= 11 is 0. The van der Waals surface area contributed by atoms with E-state index in [-0.39, 0.29) is 0 Å². The lowest BCUT2D eigenvalue weighted by Crippen LogP contribution is -2.38. The molecule has 0 spiro atoms. The number of anilines is 2. The molecule has 0 N–H and O–H groups in total. The summed E-state index contributed by atoms with van der Waals surface area (Å²) in [5.41, 5.74) is 1.59. The lowest BCUT2D eigenvalue weighted by molar-refractivity contribution is 0.0996.